The first kappa shape index (κ1) is 24.5. The predicted molar refractivity (Wildman–Crippen MR) is 131 cm³/mol. The van der Waals surface area contributed by atoms with Crippen LogP contribution in [0.1, 0.15) is 29.3 Å². The Morgan fingerprint density at radius 3 is 2.31 bits per heavy atom. The van der Waals surface area contributed by atoms with Crippen molar-refractivity contribution < 1.29 is 18.0 Å². The standard InChI is InChI=1S/C26H28F3N5O/c1-4-19-8-10-22(11-9-19)31-25(35)34-14-12-33(13-15-34)24-17(2)18(3)30-23(32-24)20-6-5-7-21(16-20)26(27,28)29/h5-11,16H,4,12-15H2,1-3H3,(H,31,35). The molecule has 0 saturated carbocycles. The van der Waals surface area contributed by atoms with E-state index in [4.69, 9.17) is 0 Å². The average Bonchev–Trinajstić information content (AvgIpc) is 2.85. The molecule has 0 aliphatic carbocycles. The Hall–Kier alpha value is -3.62. The number of urea groups is 1. The van der Waals surface area contributed by atoms with E-state index in [0.29, 0.717) is 43.3 Å². The number of halogens is 3. The molecule has 4 rings (SSSR count). The minimum absolute atomic E-state index is 0.158. The molecule has 1 fully saturated rings. The summed E-state index contributed by atoms with van der Waals surface area (Å²) in [6.07, 6.45) is -3.50. The number of hydrogen-bond donors (Lipinski definition) is 1. The Bertz CT molecular complexity index is 1200. The van der Waals surface area contributed by atoms with Gasteiger partial charge in [0.25, 0.3) is 0 Å². The van der Waals surface area contributed by atoms with E-state index in [1.165, 1.54) is 11.6 Å². The molecular weight excluding hydrogens is 455 g/mol. The summed E-state index contributed by atoms with van der Waals surface area (Å²) in [5.74, 6) is 0.935. The molecule has 2 heterocycles. The summed E-state index contributed by atoms with van der Waals surface area (Å²) in [6, 6.07) is 12.7. The molecule has 1 aliphatic heterocycles. The molecule has 1 aromatic heterocycles. The zero-order valence-corrected chi connectivity index (χ0v) is 20.0. The number of nitrogens with one attached hydrogen (secondary N) is 1. The van der Waals surface area contributed by atoms with Crippen molar-refractivity contribution >= 4 is 17.5 Å². The molecule has 3 aromatic rings. The lowest BCUT2D eigenvalue weighted by atomic mass is 10.1. The Morgan fingerprint density at radius 2 is 1.69 bits per heavy atom. The Morgan fingerprint density at radius 1 is 1.00 bits per heavy atom. The van der Waals surface area contributed by atoms with Gasteiger partial charge >= 0.3 is 12.2 Å². The van der Waals surface area contributed by atoms with E-state index in [1.54, 1.807) is 11.0 Å². The minimum atomic E-state index is -4.44. The predicted octanol–water partition coefficient (Wildman–Crippen LogP) is 5.70. The number of benzene rings is 2. The van der Waals surface area contributed by atoms with Crippen LogP contribution in [-0.2, 0) is 12.6 Å². The van der Waals surface area contributed by atoms with Crippen LogP contribution in [0.25, 0.3) is 11.4 Å². The molecule has 6 nitrogen and oxygen atoms in total. The molecule has 1 saturated heterocycles. The van der Waals surface area contributed by atoms with Gasteiger partial charge in [0, 0.05) is 48.7 Å². The summed E-state index contributed by atoms with van der Waals surface area (Å²) in [6.45, 7) is 7.92. The molecule has 1 aliphatic rings. The number of anilines is 2. The third-order valence-electron chi connectivity index (χ3n) is 6.29. The molecule has 9 heteroatoms. The van der Waals surface area contributed by atoms with Gasteiger partial charge in [-0.05, 0) is 50.1 Å². The number of carbonyl (C=O) groups excluding carboxylic acids is 1. The molecule has 0 unspecified atom stereocenters. The third kappa shape index (κ3) is 5.55. The second kappa shape index (κ2) is 9.93. The van der Waals surface area contributed by atoms with E-state index in [2.05, 4.69) is 27.1 Å². The van der Waals surface area contributed by atoms with Crippen molar-refractivity contribution in [3.05, 3.63) is 70.9 Å². The number of amides is 2. The second-order valence-corrected chi connectivity index (χ2v) is 8.61. The Labute approximate surface area is 202 Å². The number of carbonyl (C=O) groups is 1. The normalized spacial score (nSPS) is 14.2. The number of piperazine rings is 1. The van der Waals surface area contributed by atoms with E-state index in [-0.39, 0.29) is 11.9 Å². The van der Waals surface area contributed by atoms with Crippen LogP contribution in [0, 0.1) is 13.8 Å². The van der Waals surface area contributed by atoms with Gasteiger partial charge in [0.2, 0.25) is 0 Å². The maximum Gasteiger partial charge on any atom is 0.416 e. The maximum absolute atomic E-state index is 13.2. The van der Waals surface area contributed by atoms with Gasteiger partial charge in [-0.2, -0.15) is 13.2 Å². The van der Waals surface area contributed by atoms with E-state index >= 15 is 0 Å². The number of rotatable bonds is 4. The SMILES string of the molecule is CCc1ccc(NC(=O)N2CCN(c3nc(-c4cccc(C(F)(F)F)c4)nc(C)c3C)CC2)cc1. The van der Waals surface area contributed by atoms with Crippen molar-refractivity contribution in [3.63, 3.8) is 0 Å². The fraction of sp³-hybridized carbons (Fsp3) is 0.346. The van der Waals surface area contributed by atoms with Gasteiger partial charge in [0.1, 0.15) is 5.82 Å². The second-order valence-electron chi connectivity index (χ2n) is 8.61. The lowest BCUT2D eigenvalue weighted by Gasteiger charge is -2.36. The summed E-state index contributed by atoms with van der Waals surface area (Å²) >= 11 is 0. The average molecular weight is 484 g/mol. The van der Waals surface area contributed by atoms with Crippen LogP contribution in [0.3, 0.4) is 0 Å². The van der Waals surface area contributed by atoms with Crippen molar-refractivity contribution in [1.29, 1.82) is 0 Å². The molecular formula is C26H28F3N5O. The van der Waals surface area contributed by atoms with Gasteiger partial charge in [0.15, 0.2) is 5.82 Å². The molecule has 0 atom stereocenters. The number of nitrogens with zero attached hydrogens (tertiary/aromatic N) is 4. The highest BCUT2D eigenvalue weighted by molar-refractivity contribution is 5.89. The summed E-state index contributed by atoms with van der Waals surface area (Å²) < 4.78 is 39.6. The number of aryl methyl sites for hydroxylation is 2. The zero-order chi connectivity index (χ0) is 25.2. The van der Waals surface area contributed by atoms with Crippen LogP contribution in [0.4, 0.5) is 29.5 Å². The van der Waals surface area contributed by atoms with Crippen LogP contribution in [0.2, 0.25) is 0 Å². The summed E-state index contributed by atoms with van der Waals surface area (Å²) in [7, 11) is 0. The lowest BCUT2D eigenvalue weighted by Crippen LogP contribution is -2.50. The van der Waals surface area contributed by atoms with E-state index in [0.717, 1.165) is 29.8 Å². The van der Waals surface area contributed by atoms with E-state index in [9.17, 15) is 18.0 Å². The van der Waals surface area contributed by atoms with Crippen molar-refractivity contribution in [1.82, 2.24) is 14.9 Å². The summed E-state index contributed by atoms with van der Waals surface area (Å²) in [4.78, 5) is 25.6. The van der Waals surface area contributed by atoms with Gasteiger partial charge < -0.3 is 15.1 Å². The maximum atomic E-state index is 13.2. The smallest absolute Gasteiger partial charge is 0.353 e. The zero-order valence-electron chi connectivity index (χ0n) is 20.0. The van der Waals surface area contributed by atoms with Crippen LogP contribution in [-0.4, -0.2) is 47.1 Å². The first-order valence-corrected chi connectivity index (χ1v) is 11.6. The highest BCUT2D eigenvalue weighted by Crippen LogP contribution is 2.32. The fourth-order valence-electron chi connectivity index (χ4n) is 4.03. The number of aromatic nitrogens is 2. The summed E-state index contributed by atoms with van der Waals surface area (Å²) in [5, 5.41) is 2.94. The van der Waals surface area contributed by atoms with Crippen molar-refractivity contribution in [2.24, 2.45) is 0 Å². The van der Waals surface area contributed by atoms with E-state index < -0.39 is 11.7 Å². The van der Waals surface area contributed by atoms with Crippen LogP contribution >= 0.6 is 0 Å². The molecule has 35 heavy (non-hydrogen) atoms. The van der Waals surface area contributed by atoms with Gasteiger partial charge in [-0.15, -0.1) is 0 Å². The van der Waals surface area contributed by atoms with Crippen molar-refractivity contribution in [2.45, 2.75) is 33.4 Å². The molecule has 2 amide bonds. The van der Waals surface area contributed by atoms with Crippen molar-refractivity contribution in [2.75, 3.05) is 36.4 Å². The first-order chi connectivity index (χ1) is 16.7. The Kier molecular flexibility index (Phi) is 6.95. The third-order valence-corrected chi connectivity index (χ3v) is 6.29. The van der Waals surface area contributed by atoms with Gasteiger partial charge in [0.05, 0.1) is 5.56 Å². The highest BCUT2D eigenvalue weighted by Gasteiger charge is 2.31. The van der Waals surface area contributed by atoms with Crippen LogP contribution in [0.5, 0.6) is 0 Å². The fourth-order valence-corrected chi connectivity index (χ4v) is 4.03. The van der Waals surface area contributed by atoms with Crippen molar-refractivity contribution in [3.8, 4) is 11.4 Å². The minimum Gasteiger partial charge on any atom is -0.353 e. The first-order valence-electron chi connectivity index (χ1n) is 11.6. The molecule has 2 aromatic carbocycles. The quantitative estimate of drug-likeness (QED) is 0.518. The molecule has 0 bridgehead atoms. The van der Waals surface area contributed by atoms with Crippen LogP contribution in [0.15, 0.2) is 48.5 Å². The van der Waals surface area contributed by atoms with Gasteiger partial charge in [-0.25, -0.2) is 14.8 Å². The molecule has 1 N–H and O–H groups in total. The Balaban J connectivity index is 1.47. The van der Waals surface area contributed by atoms with Crippen LogP contribution < -0.4 is 10.2 Å². The van der Waals surface area contributed by atoms with E-state index in [1.807, 2.05) is 38.1 Å². The molecule has 0 spiro atoms. The molecule has 0 radical (unpaired) electrons. The van der Waals surface area contributed by atoms with Gasteiger partial charge in [-0.1, -0.05) is 31.2 Å². The highest BCUT2D eigenvalue weighted by atomic mass is 19.4. The van der Waals surface area contributed by atoms with Gasteiger partial charge in [-0.3, -0.25) is 0 Å². The lowest BCUT2D eigenvalue weighted by molar-refractivity contribution is -0.137. The largest absolute Gasteiger partial charge is 0.416 e. The number of hydrogen-bond acceptors (Lipinski definition) is 4. The monoisotopic (exact) mass is 483 g/mol. The summed E-state index contributed by atoms with van der Waals surface area (Å²) in [5.41, 5.74) is 3.12. The number of alkyl halides is 3. The topological polar surface area (TPSA) is 61.4 Å². The molecule has 184 valence electrons.